The van der Waals surface area contributed by atoms with E-state index >= 15 is 0 Å². The van der Waals surface area contributed by atoms with Gasteiger partial charge in [0.1, 0.15) is 18.0 Å². The lowest BCUT2D eigenvalue weighted by Crippen LogP contribution is -2.37. The summed E-state index contributed by atoms with van der Waals surface area (Å²) in [6.07, 6.45) is 6.03. The molecule has 5 heteroatoms. The molecule has 0 spiro atoms. The van der Waals surface area contributed by atoms with E-state index in [2.05, 4.69) is 21.8 Å². The summed E-state index contributed by atoms with van der Waals surface area (Å²) in [6, 6.07) is 0. The molecule has 100 valence electrons. The second kappa shape index (κ2) is 6.00. The Hall–Kier alpha value is -1.36. The molecule has 1 saturated heterocycles. The molecule has 2 heterocycles. The Labute approximate surface area is 108 Å². The molecule has 0 aliphatic carbocycles. The first-order valence-corrected chi connectivity index (χ1v) is 6.63. The minimum absolute atomic E-state index is 0.384. The van der Waals surface area contributed by atoms with Gasteiger partial charge in [-0.3, -0.25) is 0 Å². The maximum atomic E-state index is 5.97. The Morgan fingerprint density at radius 3 is 2.72 bits per heavy atom. The van der Waals surface area contributed by atoms with E-state index in [1.165, 1.54) is 0 Å². The van der Waals surface area contributed by atoms with Gasteiger partial charge >= 0.3 is 0 Å². The average Bonchev–Trinajstić information content (AvgIpc) is 2.41. The van der Waals surface area contributed by atoms with E-state index in [0.717, 1.165) is 50.2 Å². The number of nitrogens with two attached hydrogens (primary N) is 1. The highest BCUT2D eigenvalue weighted by Gasteiger charge is 2.22. The van der Waals surface area contributed by atoms with Gasteiger partial charge in [-0.1, -0.05) is 13.3 Å². The zero-order valence-corrected chi connectivity index (χ0v) is 11.2. The molecule has 0 saturated carbocycles. The number of anilines is 2. The number of rotatable bonds is 4. The van der Waals surface area contributed by atoms with Crippen LogP contribution in [0, 0.1) is 0 Å². The normalized spacial score (nSPS) is 17.1. The Kier molecular flexibility index (Phi) is 4.36. The van der Waals surface area contributed by atoms with Crippen molar-refractivity contribution >= 4 is 11.6 Å². The Morgan fingerprint density at radius 1 is 1.39 bits per heavy atom. The maximum absolute atomic E-state index is 5.97. The molecule has 5 nitrogen and oxygen atoms in total. The maximum Gasteiger partial charge on any atom is 0.137 e. The average molecular weight is 250 g/mol. The lowest BCUT2D eigenvalue weighted by atomic mass is 10.1. The fourth-order valence-corrected chi connectivity index (χ4v) is 2.48. The standard InChI is InChI=1S/C13H22N4O/c1-3-4-11-12(14)15-9-16-13(11)17-7-5-10(18-2)6-8-17/h9-10H,3-8H2,1-2H3,(H2,14,15,16). The van der Waals surface area contributed by atoms with Crippen molar-refractivity contribution in [2.75, 3.05) is 30.8 Å². The zero-order chi connectivity index (χ0) is 13.0. The van der Waals surface area contributed by atoms with Crippen molar-refractivity contribution in [3.8, 4) is 0 Å². The van der Waals surface area contributed by atoms with Gasteiger partial charge in [-0.25, -0.2) is 9.97 Å². The molecule has 1 aromatic heterocycles. The van der Waals surface area contributed by atoms with Gasteiger partial charge in [-0.05, 0) is 19.3 Å². The van der Waals surface area contributed by atoms with Crippen molar-refractivity contribution in [1.29, 1.82) is 0 Å². The van der Waals surface area contributed by atoms with Crippen molar-refractivity contribution < 1.29 is 4.74 Å². The van der Waals surface area contributed by atoms with Crippen LogP contribution in [0.4, 0.5) is 11.6 Å². The number of hydrogen-bond acceptors (Lipinski definition) is 5. The number of aromatic nitrogens is 2. The molecule has 2 rings (SSSR count). The molecule has 1 aliphatic rings. The molecule has 1 aromatic rings. The van der Waals surface area contributed by atoms with Crippen LogP contribution < -0.4 is 10.6 Å². The Bertz CT molecular complexity index is 389. The summed E-state index contributed by atoms with van der Waals surface area (Å²) in [5.41, 5.74) is 7.06. The van der Waals surface area contributed by atoms with Gasteiger partial charge in [0.15, 0.2) is 0 Å². The van der Waals surface area contributed by atoms with E-state index in [-0.39, 0.29) is 0 Å². The van der Waals surface area contributed by atoms with E-state index < -0.39 is 0 Å². The third-order valence-electron chi connectivity index (χ3n) is 3.53. The first kappa shape index (κ1) is 13.1. The van der Waals surface area contributed by atoms with Gasteiger partial charge in [-0.15, -0.1) is 0 Å². The molecule has 1 fully saturated rings. The number of hydrogen-bond donors (Lipinski definition) is 1. The SMILES string of the molecule is CCCc1c(N)ncnc1N1CCC(OC)CC1. The number of methoxy groups -OCH3 is 1. The van der Waals surface area contributed by atoms with Crippen molar-refractivity contribution in [3.63, 3.8) is 0 Å². The second-order valence-electron chi connectivity index (χ2n) is 4.73. The van der Waals surface area contributed by atoms with Crippen molar-refractivity contribution in [2.45, 2.75) is 38.7 Å². The molecule has 0 aromatic carbocycles. The number of nitrogens with zero attached hydrogens (tertiary/aromatic N) is 3. The van der Waals surface area contributed by atoms with Gasteiger partial charge in [0.2, 0.25) is 0 Å². The highest BCUT2D eigenvalue weighted by atomic mass is 16.5. The lowest BCUT2D eigenvalue weighted by molar-refractivity contribution is 0.0817. The quantitative estimate of drug-likeness (QED) is 0.879. The number of nitrogen functional groups attached to an aromatic ring is 1. The van der Waals surface area contributed by atoms with Gasteiger partial charge in [0, 0.05) is 25.8 Å². The van der Waals surface area contributed by atoms with E-state index in [1.54, 1.807) is 13.4 Å². The molecule has 0 atom stereocenters. The largest absolute Gasteiger partial charge is 0.383 e. The summed E-state index contributed by atoms with van der Waals surface area (Å²) in [7, 11) is 1.78. The van der Waals surface area contributed by atoms with E-state index in [4.69, 9.17) is 10.5 Å². The highest BCUT2D eigenvalue weighted by Crippen LogP contribution is 2.26. The predicted molar refractivity (Wildman–Crippen MR) is 72.7 cm³/mol. The summed E-state index contributed by atoms with van der Waals surface area (Å²) < 4.78 is 5.39. The minimum atomic E-state index is 0.384. The molecule has 1 aliphatic heterocycles. The fourth-order valence-electron chi connectivity index (χ4n) is 2.48. The van der Waals surface area contributed by atoms with E-state index in [9.17, 15) is 0 Å². The topological polar surface area (TPSA) is 64.3 Å². The van der Waals surface area contributed by atoms with Gasteiger partial charge in [0.05, 0.1) is 6.10 Å². The van der Waals surface area contributed by atoms with Gasteiger partial charge < -0.3 is 15.4 Å². The molecular weight excluding hydrogens is 228 g/mol. The number of ether oxygens (including phenoxy) is 1. The molecule has 2 N–H and O–H groups in total. The van der Waals surface area contributed by atoms with Crippen LogP contribution in [0.3, 0.4) is 0 Å². The van der Waals surface area contributed by atoms with Crippen LogP contribution >= 0.6 is 0 Å². The first-order valence-electron chi connectivity index (χ1n) is 6.63. The Morgan fingerprint density at radius 2 is 2.11 bits per heavy atom. The summed E-state index contributed by atoms with van der Waals surface area (Å²) in [4.78, 5) is 10.8. The molecule has 0 amide bonds. The van der Waals surface area contributed by atoms with Crippen LogP contribution in [0.15, 0.2) is 6.33 Å². The van der Waals surface area contributed by atoms with Crippen LogP contribution in [-0.4, -0.2) is 36.3 Å². The van der Waals surface area contributed by atoms with Crippen LogP contribution in [0.2, 0.25) is 0 Å². The van der Waals surface area contributed by atoms with Gasteiger partial charge in [0.25, 0.3) is 0 Å². The highest BCUT2D eigenvalue weighted by molar-refractivity contribution is 5.56. The molecule has 18 heavy (non-hydrogen) atoms. The first-order chi connectivity index (χ1) is 8.76. The summed E-state index contributed by atoms with van der Waals surface area (Å²) >= 11 is 0. The Balaban J connectivity index is 2.15. The molecule has 0 unspecified atom stereocenters. The zero-order valence-electron chi connectivity index (χ0n) is 11.2. The summed E-state index contributed by atoms with van der Waals surface area (Å²) in [6.45, 7) is 4.10. The number of piperidine rings is 1. The summed E-state index contributed by atoms with van der Waals surface area (Å²) in [5.74, 6) is 1.63. The molecule has 0 bridgehead atoms. The van der Waals surface area contributed by atoms with Crippen LogP contribution in [-0.2, 0) is 11.2 Å². The van der Waals surface area contributed by atoms with Crippen LogP contribution in [0.25, 0.3) is 0 Å². The van der Waals surface area contributed by atoms with E-state index in [1.807, 2.05) is 0 Å². The third kappa shape index (κ3) is 2.72. The van der Waals surface area contributed by atoms with E-state index in [0.29, 0.717) is 11.9 Å². The predicted octanol–water partition coefficient (Wildman–Crippen LogP) is 1.63. The smallest absolute Gasteiger partial charge is 0.137 e. The monoisotopic (exact) mass is 250 g/mol. The molecule has 0 radical (unpaired) electrons. The van der Waals surface area contributed by atoms with Crippen molar-refractivity contribution in [2.24, 2.45) is 0 Å². The van der Waals surface area contributed by atoms with Crippen LogP contribution in [0.1, 0.15) is 31.7 Å². The molecular formula is C13H22N4O. The van der Waals surface area contributed by atoms with Gasteiger partial charge in [-0.2, -0.15) is 0 Å². The minimum Gasteiger partial charge on any atom is -0.383 e. The fraction of sp³-hybridized carbons (Fsp3) is 0.692. The van der Waals surface area contributed by atoms with Crippen molar-refractivity contribution in [1.82, 2.24) is 9.97 Å². The second-order valence-corrected chi connectivity index (χ2v) is 4.73. The van der Waals surface area contributed by atoms with Crippen LogP contribution in [0.5, 0.6) is 0 Å². The summed E-state index contributed by atoms with van der Waals surface area (Å²) in [5, 5.41) is 0. The van der Waals surface area contributed by atoms with Crippen molar-refractivity contribution in [3.05, 3.63) is 11.9 Å². The third-order valence-corrected chi connectivity index (χ3v) is 3.53. The lowest BCUT2D eigenvalue weighted by Gasteiger charge is -2.33.